The van der Waals surface area contributed by atoms with Crippen LogP contribution in [0.4, 0.5) is 5.69 Å². The molecule has 1 aromatic heterocycles. The van der Waals surface area contributed by atoms with Crippen molar-refractivity contribution >= 4 is 11.6 Å². The SMILES string of the molecule is CC(C)(N)c1ccc(-c2ncc(NC(=O)C[C@H]3CC[C@H](N4CCOCC4)CC3)cc2-c2ccccc2)cc1. The maximum Gasteiger partial charge on any atom is 0.224 e. The van der Waals surface area contributed by atoms with E-state index >= 15 is 0 Å². The van der Waals surface area contributed by atoms with E-state index in [0.29, 0.717) is 18.4 Å². The van der Waals surface area contributed by atoms with E-state index in [1.54, 1.807) is 6.20 Å². The summed E-state index contributed by atoms with van der Waals surface area (Å²) in [7, 11) is 0. The minimum atomic E-state index is -0.399. The summed E-state index contributed by atoms with van der Waals surface area (Å²) in [6, 6.07) is 21.2. The van der Waals surface area contributed by atoms with Crippen LogP contribution in [-0.2, 0) is 15.1 Å². The van der Waals surface area contributed by atoms with Crippen LogP contribution in [0.25, 0.3) is 22.4 Å². The molecule has 3 N–H and O–H groups in total. The Balaban J connectivity index is 1.27. The molecule has 2 aliphatic rings. The maximum absolute atomic E-state index is 13.0. The number of pyridine rings is 1. The second kappa shape index (κ2) is 11.8. The summed E-state index contributed by atoms with van der Waals surface area (Å²) in [6.45, 7) is 7.77. The normalized spacial score (nSPS) is 20.7. The number of amides is 1. The van der Waals surface area contributed by atoms with Gasteiger partial charge < -0.3 is 15.8 Å². The monoisotopic (exact) mass is 512 g/mol. The van der Waals surface area contributed by atoms with Gasteiger partial charge in [0.15, 0.2) is 0 Å². The number of nitrogens with two attached hydrogens (primary N) is 1. The van der Waals surface area contributed by atoms with E-state index in [2.05, 4.69) is 46.6 Å². The number of benzene rings is 2. The Hall–Kier alpha value is -3.06. The smallest absolute Gasteiger partial charge is 0.224 e. The largest absolute Gasteiger partial charge is 0.379 e. The quantitative estimate of drug-likeness (QED) is 0.416. The van der Waals surface area contributed by atoms with Crippen LogP contribution in [0.2, 0.25) is 0 Å². The third-order valence-electron chi connectivity index (χ3n) is 8.01. The number of ether oxygens (including phenoxy) is 1. The van der Waals surface area contributed by atoms with Crippen molar-refractivity contribution in [1.82, 2.24) is 9.88 Å². The summed E-state index contributed by atoms with van der Waals surface area (Å²) >= 11 is 0. The minimum Gasteiger partial charge on any atom is -0.379 e. The van der Waals surface area contributed by atoms with Crippen LogP contribution in [0.15, 0.2) is 66.9 Å². The van der Waals surface area contributed by atoms with Gasteiger partial charge >= 0.3 is 0 Å². The Kier molecular flexibility index (Phi) is 8.22. The molecule has 1 saturated heterocycles. The Morgan fingerprint density at radius 2 is 1.68 bits per heavy atom. The molecule has 2 aromatic carbocycles. The average Bonchev–Trinajstić information content (AvgIpc) is 2.94. The predicted molar refractivity (Wildman–Crippen MR) is 154 cm³/mol. The molecule has 0 spiro atoms. The Labute approximate surface area is 226 Å². The van der Waals surface area contributed by atoms with Gasteiger partial charge in [-0.1, -0.05) is 54.6 Å². The van der Waals surface area contributed by atoms with Gasteiger partial charge in [0.1, 0.15) is 0 Å². The van der Waals surface area contributed by atoms with Crippen molar-refractivity contribution in [3.63, 3.8) is 0 Å². The van der Waals surface area contributed by atoms with Crippen molar-refractivity contribution in [1.29, 1.82) is 0 Å². The first-order chi connectivity index (χ1) is 18.4. The Morgan fingerprint density at radius 1 is 1.00 bits per heavy atom. The van der Waals surface area contributed by atoms with Gasteiger partial charge in [0.25, 0.3) is 0 Å². The first-order valence-corrected chi connectivity index (χ1v) is 13.9. The number of carbonyl (C=O) groups is 1. The Bertz CT molecular complexity index is 1210. The molecule has 3 aromatic rings. The van der Waals surface area contributed by atoms with Crippen LogP contribution in [0.3, 0.4) is 0 Å². The van der Waals surface area contributed by atoms with Gasteiger partial charge in [0.2, 0.25) is 5.91 Å². The summed E-state index contributed by atoms with van der Waals surface area (Å²) in [6.07, 6.45) is 6.90. The van der Waals surface area contributed by atoms with Gasteiger partial charge in [-0.3, -0.25) is 14.7 Å². The molecule has 6 heteroatoms. The minimum absolute atomic E-state index is 0.0721. The predicted octanol–water partition coefficient (Wildman–Crippen LogP) is 5.83. The first kappa shape index (κ1) is 26.5. The molecule has 5 rings (SSSR count). The van der Waals surface area contributed by atoms with Crippen LogP contribution in [0.1, 0.15) is 51.5 Å². The Morgan fingerprint density at radius 3 is 2.34 bits per heavy atom. The van der Waals surface area contributed by atoms with Crippen LogP contribution in [-0.4, -0.2) is 48.1 Å². The molecular formula is C32H40N4O2. The third-order valence-corrected chi connectivity index (χ3v) is 8.01. The fourth-order valence-electron chi connectivity index (χ4n) is 5.79. The van der Waals surface area contributed by atoms with Crippen molar-refractivity contribution in [2.24, 2.45) is 11.7 Å². The maximum atomic E-state index is 13.0. The molecule has 0 bridgehead atoms. The molecular weight excluding hydrogens is 472 g/mol. The van der Waals surface area contributed by atoms with Crippen LogP contribution >= 0.6 is 0 Å². The number of aromatic nitrogens is 1. The number of hydrogen-bond acceptors (Lipinski definition) is 5. The van der Waals surface area contributed by atoms with E-state index in [4.69, 9.17) is 15.5 Å². The lowest BCUT2D eigenvalue weighted by Gasteiger charge is -2.38. The van der Waals surface area contributed by atoms with E-state index in [1.165, 1.54) is 12.8 Å². The molecule has 200 valence electrons. The molecule has 1 saturated carbocycles. The lowest BCUT2D eigenvalue weighted by atomic mass is 9.83. The van der Waals surface area contributed by atoms with E-state index in [1.807, 2.05) is 38.1 Å². The number of morpholine rings is 1. The third kappa shape index (κ3) is 6.49. The molecule has 1 amide bonds. The number of rotatable bonds is 7. The van der Waals surface area contributed by atoms with Crippen molar-refractivity contribution in [3.05, 3.63) is 72.4 Å². The fraction of sp³-hybridized carbons (Fsp3) is 0.438. The summed E-state index contributed by atoms with van der Waals surface area (Å²) in [5.41, 5.74) is 11.7. The van der Waals surface area contributed by atoms with E-state index in [9.17, 15) is 4.79 Å². The fourth-order valence-corrected chi connectivity index (χ4v) is 5.79. The van der Waals surface area contributed by atoms with Crippen molar-refractivity contribution in [3.8, 4) is 22.4 Å². The molecule has 6 nitrogen and oxygen atoms in total. The molecule has 38 heavy (non-hydrogen) atoms. The molecule has 0 radical (unpaired) electrons. The highest BCUT2D eigenvalue weighted by Gasteiger charge is 2.28. The van der Waals surface area contributed by atoms with Gasteiger partial charge in [0.05, 0.1) is 30.8 Å². The lowest BCUT2D eigenvalue weighted by Crippen LogP contribution is -2.45. The van der Waals surface area contributed by atoms with Crippen LogP contribution < -0.4 is 11.1 Å². The van der Waals surface area contributed by atoms with Gasteiger partial charge in [-0.05, 0) is 62.6 Å². The van der Waals surface area contributed by atoms with Gasteiger partial charge in [-0.25, -0.2) is 0 Å². The van der Waals surface area contributed by atoms with E-state index in [-0.39, 0.29) is 5.91 Å². The van der Waals surface area contributed by atoms with E-state index < -0.39 is 5.54 Å². The lowest BCUT2D eigenvalue weighted by molar-refractivity contribution is -0.117. The van der Waals surface area contributed by atoms with Crippen LogP contribution in [0, 0.1) is 5.92 Å². The average molecular weight is 513 g/mol. The van der Waals surface area contributed by atoms with E-state index in [0.717, 1.165) is 72.8 Å². The molecule has 2 heterocycles. The number of anilines is 1. The standard InChI is InChI=1S/C32H40N4O2/c1-32(2,33)26-12-10-25(11-13-26)31-29(24-6-4-3-5-7-24)21-27(22-34-31)35-30(37)20-23-8-14-28(15-9-23)36-16-18-38-19-17-36/h3-7,10-13,21-23,28H,8-9,14-20,33H2,1-2H3,(H,35,37)/t23-,28-. The number of hydrogen-bond donors (Lipinski definition) is 2. The molecule has 1 aliphatic carbocycles. The highest BCUT2D eigenvalue weighted by Crippen LogP contribution is 2.34. The number of nitrogens with one attached hydrogen (secondary N) is 1. The molecule has 1 aliphatic heterocycles. The van der Waals surface area contributed by atoms with Gasteiger partial charge in [-0.15, -0.1) is 0 Å². The summed E-state index contributed by atoms with van der Waals surface area (Å²) in [5, 5.41) is 3.14. The second-order valence-electron chi connectivity index (χ2n) is 11.4. The second-order valence-corrected chi connectivity index (χ2v) is 11.4. The number of carbonyl (C=O) groups excluding carboxylic acids is 1. The van der Waals surface area contributed by atoms with Crippen molar-refractivity contribution in [2.75, 3.05) is 31.6 Å². The number of nitrogens with zero attached hydrogens (tertiary/aromatic N) is 2. The highest BCUT2D eigenvalue weighted by molar-refractivity contribution is 5.92. The molecule has 0 atom stereocenters. The zero-order chi connectivity index (χ0) is 26.5. The summed E-state index contributed by atoms with van der Waals surface area (Å²) < 4.78 is 5.50. The van der Waals surface area contributed by atoms with Gasteiger partial charge in [-0.2, -0.15) is 0 Å². The highest BCUT2D eigenvalue weighted by atomic mass is 16.5. The molecule has 2 fully saturated rings. The zero-order valence-corrected chi connectivity index (χ0v) is 22.7. The van der Waals surface area contributed by atoms with Gasteiger partial charge in [0, 0.05) is 42.2 Å². The zero-order valence-electron chi connectivity index (χ0n) is 22.7. The molecule has 0 unspecified atom stereocenters. The topological polar surface area (TPSA) is 80.5 Å². The first-order valence-electron chi connectivity index (χ1n) is 13.9. The van der Waals surface area contributed by atoms with Crippen molar-refractivity contribution in [2.45, 2.75) is 57.5 Å². The van der Waals surface area contributed by atoms with Crippen molar-refractivity contribution < 1.29 is 9.53 Å². The summed E-state index contributed by atoms with van der Waals surface area (Å²) in [4.78, 5) is 20.4. The summed E-state index contributed by atoms with van der Waals surface area (Å²) in [5.74, 6) is 0.515. The van der Waals surface area contributed by atoms with Crippen LogP contribution in [0.5, 0.6) is 0 Å².